The second-order valence-corrected chi connectivity index (χ2v) is 6.60. The fourth-order valence-corrected chi connectivity index (χ4v) is 3.23. The van der Waals surface area contributed by atoms with Crippen molar-refractivity contribution in [3.63, 3.8) is 0 Å². The number of aromatic nitrogens is 2. The van der Waals surface area contributed by atoms with Gasteiger partial charge in [-0.2, -0.15) is 0 Å². The predicted molar refractivity (Wildman–Crippen MR) is 116 cm³/mol. The van der Waals surface area contributed by atoms with Gasteiger partial charge in [-0.05, 0) is 43.7 Å². The van der Waals surface area contributed by atoms with Crippen LogP contribution in [0, 0.1) is 6.92 Å². The van der Waals surface area contributed by atoms with Crippen LogP contribution in [-0.4, -0.2) is 22.0 Å². The normalized spacial score (nSPS) is 10.7. The first-order valence-corrected chi connectivity index (χ1v) is 9.49. The van der Waals surface area contributed by atoms with Crippen molar-refractivity contribution in [1.82, 2.24) is 9.38 Å². The number of pyridine rings is 1. The first-order chi connectivity index (χ1) is 14.2. The van der Waals surface area contributed by atoms with Gasteiger partial charge in [-0.3, -0.25) is 0 Å². The van der Waals surface area contributed by atoms with E-state index in [1.54, 1.807) is 6.07 Å². The van der Waals surface area contributed by atoms with Gasteiger partial charge in [0.2, 0.25) is 0 Å². The number of hydrogen-bond donors (Lipinski definition) is 2. The fraction of sp³-hybridized carbons (Fsp3) is 0.130. The van der Waals surface area contributed by atoms with Crippen molar-refractivity contribution in [1.29, 1.82) is 0 Å². The highest BCUT2D eigenvalue weighted by Crippen LogP contribution is 2.29. The number of nitrogens with zero attached hydrogens (tertiary/aromatic N) is 2. The Morgan fingerprint density at radius 1 is 1.00 bits per heavy atom. The smallest absolute Gasteiger partial charge is 0.323 e. The summed E-state index contributed by atoms with van der Waals surface area (Å²) in [6.07, 6.45) is 3.93. The molecule has 0 atom stereocenters. The van der Waals surface area contributed by atoms with Crippen molar-refractivity contribution in [2.24, 2.45) is 0 Å². The highest BCUT2D eigenvalue weighted by Gasteiger charge is 2.13. The van der Waals surface area contributed by atoms with Gasteiger partial charge in [-0.15, -0.1) is 0 Å². The second kappa shape index (κ2) is 8.06. The van der Waals surface area contributed by atoms with Crippen molar-refractivity contribution in [3.8, 4) is 17.0 Å². The number of benzene rings is 2. The van der Waals surface area contributed by atoms with Gasteiger partial charge in [-0.25, -0.2) is 9.78 Å². The molecule has 0 unspecified atom stereocenters. The van der Waals surface area contributed by atoms with Crippen LogP contribution in [0.4, 0.5) is 16.2 Å². The van der Waals surface area contributed by atoms with Crippen molar-refractivity contribution in [2.75, 3.05) is 17.2 Å². The summed E-state index contributed by atoms with van der Waals surface area (Å²) < 4.78 is 7.56. The molecule has 4 rings (SSSR count). The quantitative estimate of drug-likeness (QED) is 0.486. The molecule has 0 saturated heterocycles. The molecule has 0 radical (unpaired) electrons. The van der Waals surface area contributed by atoms with Crippen molar-refractivity contribution < 1.29 is 9.53 Å². The molecule has 2 aromatic heterocycles. The molecule has 0 aliphatic heterocycles. The van der Waals surface area contributed by atoms with E-state index in [0.29, 0.717) is 23.7 Å². The summed E-state index contributed by atoms with van der Waals surface area (Å²) in [4.78, 5) is 17.4. The Hall–Kier alpha value is -3.80. The third kappa shape index (κ3) is 3.91. The summed E-state index contributed by atoms with van der Waals surface area (Å²) in [5.41, 5.74) is 4.93. The zero-order valence-corrected chi connectivity index (χ0v) is 16.3. The molecule has 0 fully saturated rings. The number of anilines is 2. The van der Waals surface area contributed by atoms with Crippen LogP contribution in [0.25, 0.3) is 16.9 Å². The highest BCUT2D eigenvalue weighted by atomic mass is 16.5. The lowest BCUT2D eigenvalue weighted by atomic mass is 10.1. The van der Waals surface area contributed by atoms with Crippen LogP contribution in [0.1, 0.15) is 12.5 Å². The van der Waals surface area contributed by atoms with E-state index in [1.165, 1.54) is 0 Å². The zero-order chi connectivity index (χ0) is 20.2. The second-order valence-electron chi connectivity index (χ2n) is 6.60. The molecule has 146 valence electrons. The van der Waals surface area contributed by atoms with Crippen molar-refractivity contribution >= 4 is 23.1 Å². The summed E-state index contributed by atoms with van der Waals surface area (Å²) in [6.45, 7) is 4.46. The number of fused-ring (bicyclic) bond motifs is 1. The van der Waals surface area contributed by atoms with Crippen molar-refractivity contribution in [2.45, 2.75) is 13.8 Å². The standard InChI is InChI=1S/C23H22N4O2/c1-3-29-21-13-7-6-12-19(21)26-23(28)25-18-11-5-4-10-17(18)20-15-27-14-8-9-16(2)22(27)24-20/h4-15H,3H2,1-2H3,(H2,25,26,28). The topological polar surface area (TPSA) is 67.7 Å². The Bertz CT molecular complexity index is 1170. The molecule has 2 amide bonds. The molecule has 0 aliphatic carbocycles. The van der Waals surface area contributed by atoms with Crippen LogP contribution in [0.3, 0.4) is 0 Å². The average molecular weight is 386 g/mol. The van der Waals surface area contributed by atoms with E-state index in [2.05, 4.69) is 10.6 Å². The number of hydrogen-bond acceptors (Lipinski definition) is 3. The number of nitrogens with one attached hydrogen (secondary N) is 2. The van der Waals surface area contributed by atoms with Gasteiger partial charge in [0.05, 0.1) is 23.7 Å². The lowest BCUT2D eigenvalue weighted by Crippen LogP contribution is -2.20. The van der Waals surface area contributed by atoms with Crippen molar-refractivity contribution in [3.05, 3.63) is 78.6 Å². The third-order valence-electron chi connectivity index (χ3n) is 4.56. The number of aryl methyl sites for hydroxylation is 1. The number of carbonyl (C=O) groups is 1. The number of imidazole rings is 1. The van der Waals surface area contributed by atoms with Crippen LogP contribution in [-0.2, 0) is 0 Å². The Morgan fingerprint density at radius 2 is 1.72 bits per heavy atom. The van der Waals surface area contributed by atoms with E-state index in [4.69, 9.17) is 9.72 Å². The van der Waals surface area contributed by atoms with Gasteiger partial charge in [0.15, 0.2) is 0 Å². The number of urea groups is 1. The molecule has 29 heavy (non-hydrogen) atoms. The molecule has 4 aromatic rings. The monoisotopic (exact) mass is 386 g/mol. The highest BCUT2D eigenvalue weighted by molar-refractivity contribution is 6.02. The number of rotatable bonds is 5. The largest absolute Gasteiger partial charge is 0.492 e. The van der Waals surface area contributed by atoms with Crippen LogP contribution in [0.2, 0.25) is 0 Å². The lowest BCUT2D eigenvalue weighted by Gasteiger charge is -2.13. The number of amides is 2. The summed E-state index contributed by atoms with van der Waals surface area (Å²) in [7, 11) is 0. The molecular weight excluding hydrogens is 364 g/mol. The van der Waals surface area contributed by atoms with E-state index in [1.807, 2.05) is 85.2 Å². The SMILES string of the molecule is CCOc1ccccc1NC(=O)Nc1ccccc1-c1cn2cccc(C)c2n1. The molecule has 2 heterocycles. The van der Waals surface area contributed by atoms with Crippen LogP contribution in [0.5, 0.6) is 5.75 Å². The van der Waals surface area contributed by atoms with Crippen LogP contribution < -0.4 is 15.4 Å². The van der Waals surface area contributed by atoms with Gasteiger partial charge in [0.1, 0.15) is 11.4 Å². The molecule has 0 aliphatic rings. The van der Waals surface area contributed by atoms with Gasteiger partial charge in [0, 0.05) is 18.0 Å². The van der Waals surface area contributed by atoms with Gasteiger partial charge < -0.3 is 19.8 Å². The van der Waals surface area contributed by atoms with E-state index in [-0.39, 0.29) is 6.03 Å². The van der Waals surface area contributed by atoms with E-state index < -0.39 is 0 Å². The van der Waals surface area contributed by atoms with Gasteiger partial charge in [0.25, 0.3) is 0 Å². The van der Waals surface area contributed by atoms with Gasteiger partial charge >= 0.3 is 6.03 Å². The molecule has 0 spiro atoms. The number of ether oxygens (including phenoxy) is 1. The number of carbonyl (C=O) groups excluding carboxylic acids is 1. The van der Waals surface area contributed by atoms with E-state index in [9.17, 15) is 4.79 Å². The van der Waals surface area contributed by atoms with E-state index >= 15 is 0 Å². The zero-order valence-electron chi connectivity index (χ0n) is 16.3. The Labute approximate surface area is 169 Å². The maximum absolute atomic E-state index is 12.6. The number of para-hydroxylation sites is 3. The Balaban J connectivity index is 1.60. The minimum absolute atomic E-state index is 0.343. The molecule has 0 saturated carbocycles. The summed E-state index contributed by atoms with van der Waals surface area (Å²) in [5.74, 6) is 0.634. The molecule has 6 nitrogen and oxygen atoms in total. The molecular formula is C23H22N4O2. The maximum atomic E-state index is 12.6. The Kier molecular flexibility index (Phi) is 5.16. The molecule has 2 aromatic carbocycles. The van der Waals surface area contributed by atoms with Crippen LogP contribution in [0.15, 0.2) is 73.1 Å². The lowest BCUT2D eigenvalue weighted by molar-refractivity contribution is 0.262. The molecule has 0 bridgehead atoms. The minimum Gasteiger partial charge on any atom is -0.492 e. The molecule has 6 heteroatoms. The summed E-state index contributed by atoms with van der Waals surface area (Å²) in [5, 5.41) is 5.79. The fourth-order valence-electron chi connectivity index (χ4n) is 3.23. The van der Waals surface area contributed by atoms with Gasteiger partial charge in [-0.1, -0.05) is 36.4 Å². The third-order valence-corrected chi connectivity index (χ3v) is 4.56. The van der Waals surface area contributed by atoms with Crippen LogP contribution >= 0.6 is 0 Å². The predicted octanol–water partition coefficient (Wildman–Crippen LogP) is 5.35. The first kappa shape index (κ1) is 18.6. The average Bonchev–Trinajstić information content (AvgIpc) is 3.16. The van der Waals surface area contributed by atoms with E-state index in [0.717, 1.165) is 22.5 Å². The minimum atomic E-state index is -0.343. The maximum Gasteiger partial charge on any atom is 0.323 e. The molecule has 2 N–H and O–H groups in total. The summed E-state index contributed by atoms with van der Waals surface area (Å²) >= 11 is 0. The first-order valence-electron chi connectivity index (χ1n) is 9.49. The Morgan fingerprint density at radius 3 is 2.52 bits per heavy atom. The summed E-state index contributed by atoms with van der Waals surface area (Å²) in [6, 6.07) is 18.6.